The maximum atomic E-state index is 13.5. The van der Waals surface area contributed by atoms with Crippen LogP contribution in [0.2, 0.25) is 0 Å². The largest absolute Gasteiger partial charge is 0.490 e. The smallest absolute Gasteiger partial charge is 0.328 e. The van der Waals surface area contributed by atoms with Crippen molar-refractivity contribution in [3.63, 3.8) is 0 Å². The summed E-state index contributed by atoms with van der Waals surface area (Å²) in [6, 6.07) is 13.3. The molecule has 0 aliphatic rings. The maximum absolute atomic E-state index is 13.5. The topological polar surface area (TPSA) is 171 Å². The zero-order chi connectivity index (χ0) is 32.3. The van der Waals surface area contributed by atoms with Crippen LogP contribution >= 0.6 is 11.8 Å². The lowest BCUT2D eigenvalue weighted by atomic mass is 10.0. The highest BCUT2D eigenvalue weighted by molar-refractivity contribution is 6.21. The number of unbranched alkanes of at least 4 members (excludes halogenated alkanes) is 1. The zero-order valence-electron chi connectivity index (χ0n) is 25.0. The van der Waals surface area contributed by atoms with Crippen molar-refractivity contribution in [3.05, 3.63) is 78.4 Å². The van der Waals surface area contributed by atoms with Crippen molar-refractivity contribution in [2.24, 2.45) is 0 Å². The van der Waals surface area contributed by atoms with E-state index in [9.17, 15) is 19.2 Å². The molecule has 0 radical (unpaired) electrons. The lowest BCUT2D eigenvalue weighted by Gasteiger charge is -2.25. The summed E-state index contributed by atoms with van der Waals surface area (Å²) in [7, 11) is 1.24. The number of esters is 1. The molecule has 0 fully saturated rings. The molecule has 13 heteroatoms. The number of methoxy groups -OCH3 is 1. The van der Waals surface area contributed by atoms with Gasteiger partial charge in [0.1, 0.15) is 30.5 Å². The van der Waals surface area contributed by atoms with Crippen molar-refractivity contribution in [2.75, 3.05) is 20.3 Å². The van der Waals surface area contributed by atoms with E-state index in [1.807, 2.05) is 30.3 Å². The second-order valence-corrected chi connectivity index (χ2v) is 10.1. The molecule has 0 unspecified atom stereocenters. The Morgan fingerprint density at radius 3 is 2.11 bits per heavy atom. The lowest BCUT2D eigenvalue weighted by molar-refractivity contribution is -0.145. The molecule has 2 rings (SSSR count). The van der Waals surface area contributed by atoms with Gasteiger partial charge in [0.2, 0.25) is 23.7 Å². The molecule has 0 bridgehead atoms. The van der Waals surface area contributed by atoms with Crippen molar-refractivity contribution in [3.8, 4) is 5.75 Å². The number of rotatable bonds is 18. The van der Waals surface area contributed by atoms with Crippen LogP contribution in [0.4, 0.5) is 0 Å². The minimum Gasteiger partial charge on any atom is -0.490 e. The predicted molar refractivity (Wildman–Crippen MR) is 168 cm³/mol. The first-order valence-electron chi connectivity index (χ1n) is 14.2. The first-order chi connectivity index (χ1) is 21.2. The molecule has 0 saturated heterocycles. The van der Waals surface area contributed by atoms with Gasteiger partial charge in [-0.1, -0.05) is 55.1 Å². The third kappa shape index (κ3) is 13.2. The van der Waals surface area contributed by atoms with Crippen LogP contribution in [-0.4, -0.2) is 68.0 Å². The minimum absolute atomic E-state index is 0.0606. The van der Waals surface area contributed by atoms with Crippen molar-refractivity contribution in [1.82, 2.24) is 26.1 Å². The number of halogens is 1. The lowest BCUT2D eigenvalue weighted by Crippen LogP contribution is -2.56. The van der Waals surface area contributed by atoms with Gasteiger partial charge >= 0.3 is 5.97 Å². The quantitative estimate of drug-likeness (QED) is 0.0364. The molecule has 0 heterocycles. The highest BCUT2D eigenvalue weighted by Crippen LogP contribution is 2.14. The standard InChI is InChI=1S/C31H41ClN6O6/c1-4-18-44-24-15-13-23(14-16-24)19-26(35-21(2)39)29(41)36-25(12-8-9-17-34-31(33)38-32)28(40)37-27(30(42)43-3)20-22-10-6-5-7-11-22/h4-7,10-11,13-16,25-27H,1,8-9,12,17-20H2,2-3H3,(H,35,39)(H,36,41)(H,37,40)(H3,33,34,38)/t25-,26-,27-/m0/s1. The SMILES string of the molecule is C=CCOc1ccc(C[C@H](NC(C)=O)C(=O)N[C@@H](CCCCNC(=N)NCl)C(=O)N[C@@H](Cc2ccccc2)C(=O)OC)cc1. The molecule has 3 atom stereocenters. The summed E-state index contributed by atoms with van der Waals surface area (Å²) in [6.07, 6.45) is 3.25. The number of hydrogen-bond acceptors (Lipinski definition) is 7. The van der Waals surface area contributed by atoms with E-state index in [-0.39, 0.29) is 25.2 Å². The number of amides is 3. The predicted octanol–water partition coefficient (Wildman–Crippen LogP) is 2.12. The van der Waals surface area contributed by atoms with Crippen molar-refractivity contribution in [1.29, 1.82) is 5.41 Å². The van der Waals surface area contributed by atoms with E-state index in [1.165, 1.54) is 14.0 Å². The van der Waals surface area contributed by atoms with E-state index in [4.69, 9.17) is 26.7 Å². The van der Waals surface area contributed by atoms with Crippen LogP contribution in [0, 0.1) is 5.41 Å². The molecule has 3 amide bonds. The number of guanidine groups is 1. The summed E-state index contributed by atoms with van der Waals surface area (Å²) in [5.74, 6) is -1.59. The summed E-state index contributed by atoms with van der Waals surface area (Å²) in [5.41, 5.74) is 1.58. The van der Waals surface area contributed by atoms with Crippen LogP contribution in [0.3, 0.4) is 0 Å². The molecular weight excluding hydrogens is 588 g/mol. The van der Waals surface area contributed by atoms with E-state index in [2.05, 4.69) is 32.7 Å². The molecule has 2 aromatic carbocycles. The van der Waals surface area contributed by atoms with E-state index in [0.717, 1.165) is 11.1 Å². The summed E-state index contributed by atoms with van der Waals surface area (Å²) in [6.45, 7) is 5.68. The molecule has 44 heavy (non-hydrogen) atoms. The minimum atomic E-state index is -1.03. The number of carbonyl (C=O) groups is 4. The van der Waals surface area contributed by atoms with Crippen LogP contribution in [0.5, 0.6) is 5.75 Å². The van der Waals surface area contributed by atoms with Crippen molar-refractivity contribution >= 4 is 41.4 Å². The molecule has 0 aromatic heterocycles. The molecule has 12 nitrogen and oxygen atoms in total. The Kier molecular flexibility index (Phi) is 15.8. The molecule has 2 aromatic rings. The Bertz CT molecular complexity index is 1240. The van der Waals surface area contributed by atoms with Crippen LogP contribution in [0.25, 0.3) is 0 Å². The van der Waals surface area contributed by atoms with E-state index < -0.39 is 41.8 Å². The van der Waals surface area contributed by atoms with Crippen LogP contribution in [-0.2, 0) is 36.8 Å². The third-order valence-corrected chi connectivity index (χ3v) is 6.65. The maximum Gasteiger partial charge on any atom is 0.328 e. The fourth-order valence-corrected chi connectivity index (χ4v) is 4.35. The third-order valence-electron chi connectivity index (χ3n) is 6.46. The second kappa shape index (κ2) is 19.6. The number of carbonyl (C=O) groups excluding carboxylic acids is 4. The Morgan fingerprint density at radius 1 is 0.886 bits per heavy atom. The van der Waals surface area contributed by atoms with Crippen molar-refractivity contribution < 1.29 is 28.7 Å². The molecule has 238 valence electrons. The monoisotopic (exact) mass is 628 g/mol. The van der Waals surface area contributed by atoms with Gasteiger partial charge in [-0.05, 0) is 42.5 Å². The van der Waals surface area contributed by atoms with Crippen LogP contribution in [0.15, 0.2) is 67.3 Å². The fraction of sp³-hybridized carbons (Fsp3) is 0.387. The van der Waals surface area contributed by atoms with Gasteiger partial charge in [0, 0.05) is 38.1 Å². The molecular formula is C31H41ClN6O6. The molecule has 0 saturated carbocycles. The van der Waals surface area contributed by atoms with Gasteiger partial charge in [0.05, 0.1) is 7.11 Å². The fourth-order valence-electron chi connectivity index (χ4n) is 4.29. The van der Waals surface area contributed by atoms with Gasteiger partial charge in [-0.3, -0.25) is 24.6 Å². The zero-order valence-corrected chi connectivity index (χ0v) is 25.7. The van der Waals surface area contributed by atoms with Gasteiger partial charge in [-0.25, -0.2) is 4.79 Å². The first kappa shape index (κ1) is 35.6. The Labute approximate surface area is 262 Å². The van der Waals surface area contributed by atoms with Crippen LogP contribution < -0.4 is 30.8 Å². The van der Waals surface area contributed by atoms with Gasteiger partial charge in [0.15, 0.2) is 0 Å². The van der Waals surface area contributed by atoms with Gasteiger partial charge < -0.3 is 30.7 Å². The highest BCUT2D eigenvalue weighted by atomic mass is 35.5. The highest BCUT2D eigenvalue weighted by Gasteiger charge is 2.30. The Morgan fingerprint density at radius 2 is 1.50 bits per heavy atom. The average molecular weight is 629 g/mol. The van der Waals surface area contributed by atoms with Crippen LogP contribution in [0.1, 0.15) is 37.3 Å². The number of hydrogen-bond donors (Lipinski definition) is 6. The molecule has 0 aliphatic heterocycles. The summed E-state index contributed by atoms with van der Waals surface area (Å²) in [5, 5.41) is 18.4. The van der Waals surface area contributed by atoms with Gasteiger partial charge in [0.25, 0.3) is 0 Å². The van der Waals surface area contributed by atoms with Crippen molar-refractivity contribution in [2.45, 2.75) is 57.2 Å². The average Bonchev–Trinajstić information content (AvgIpc) is 3.02. The van der Waals surface area contributed by atoms with E-state index in [0.29, 0.717) is 31.7 Å². The van der Waals surface area contributed by atoms with Gasteiger partial charge in [-0.15, -0.1) is 0 Å². The number of ether oxygens (including phenoxy) is 2. The normalized spacial score (nSPS) is 12.4. The molecule has 0 spiro atoms. The summed E-state index contributed by atoms with van der Waals surface area (Å²) in [4.78, 5) is 53.8. The first-order valence-corrected chi connectivity index (χ1v) is 14.6. The number of nitrogens with one attached hydrogen (secondary N) is 6. The summed E-state index contributed by atoms with van der Waals surface area (Å²) >= 11 is 5.39. The van der Waals surface area contributed by atoms with Gasteiger partial charge in [-0.2, -0.15) is 0 Å². The second-order valence-electron chi connectivity index (χ2n) is 9.93. The van der Waals surface area contributed by atoms with E-state index >= 15 is 0 Å². The Balaban J connectivity index is 2.20. The van der Waals surface area contributed by atoms with E-state index in [1.54, 1.807) is 30.3 Å². The summed E-state index contributed by atoms with van der Waals surface area (Å²) < 4.78 is 10.4. The molecule has 0 aliphatic carbocycles. The number of benzene rings is 2. The molecule has 6 N–H and O–H groups in total. The Hall–Kier alpha value is -4.58.